The Labute approximate surface area is 144 Å². The second-order valence-electron chi connectivity index (χ2n) is 6.38. The van der Waals surface area contributed by atoms with Crippen molar-refractivity contribution < 1.29 is 13.2 Å². The second-order valence-corrected chi connectivity index (χ2v) is 8.24. The third-order valence-corrected chi connectivity index (χ3v) is 5.73. The largest absolute Gasteiger partial charge is 0.476 e. The van der Waals surface area contributed by atoms with Gasteiger partial charge in [-0.15, -0.1) is 0 Å². The number of ether oxygens (including phenoxy) is 1. The van der Waals surface area contributed by atoms with E-state index >= 15 is 0 Å². The molecule has 24 heavy (non-hydrogen) atoms. The van der Waals surface area contributed by atoms with Gasteiger partial charge in [-0.25, -0.2) is 13.4 Å². The molecule has 0 saturated carbocycles. The topological polar surface area (TPSA) is 56.3 Å². The van der Waals surface area contributed by atoms with Crippen LogP contribution in [0.5, 0.6) is 5.88 Å². The van der Waals surface area contributed by atoms with E-state index < -0.39 is 9.84 Å². The van der Waals surface area contributed by atoms with Crippen LogP contribution in [0.4, 0.5) is 0 Å². The highest BCUT2D eigenvalue weighted by atomic mass is 32.2. The van der Waals surface area contributed by atoms with Gasteiger partial charge in [0.15, 0.2) is 0 Å². The Bertz CT molecular complexity index is 827. The molecule has 130 valence electrons. The molecule has 1 aromatic carbocycles. The molecule has 0 spiro atoms. The molecule has 0 aliphatic rings. The van der Waals surface area contributed by atoms with E-state index in [1.165, 1.54) is 0 Å². The van der Waals surface area contributed by atoms with Gasteiger partial charge >= 0.3 is 0 Å². The summed E-state index contributed by atoms with van der Waals surface area (Å²) in [4.78, 5) is 4.86. The molecule has 5 heteroatoms. The number of pyridine rings is 1. The second kappa shape index (κ2) is 7.34. The summed E-state index contributed by atoms with van der Waals surface area (Å²) in [6, 6.07) is 8.88. The van der Waals surface area contributed by atoms with Gasteiger partial charge in [-0.1, -0.05) is 39.0 Å². The monoisotopic (exact) mass is 347 g/mol. The predicted octanol–water partition coefficient (Wildman–Crippen LogP) is 4.13. The number of aryl methyl sites for hydroxylation is 3. The Morgan fingerprint density at radius 1 is 1.17 bits per heavy atom. The molecule has 0 fully saturated rings. The van der Waals surface area contributed by atoms with Crippen molar-refractivity contribution in [3.05, 3.63) is 47.2 Å². The van der Waals surface area contributed by atoms with E-state index in [0.717, 1.165) is 11.3 Å². The first-order valence-electron chi connectivity index (χ1n) is 8.21. The minimum atomic E-state index is -3.70. The highest BCUT2D eigenvalue weighted by Crippen LogP contribution is 2.33. The SMILES string of the molecule is CCc1ccccc1S(=O)(=O)c1c(C)cc(C)nc1OCC(C)C. The van der Waals surface area contributed by atoms with E-state index in [9.17, 15) is 8.42 Å². The maximum absolute atomic E-state index is 13.3. The summed E-state index contributed by atoms with van der Waals surface area (Å²) in [5.74, 6) is 0.484. The van der Waals surface area contributed by atoms with E-state index in [4.69, 9.17) is 4.74 Å². The van der Waals surface area contributed by atoms with Crippen LogP contribution < -0.4 is 4.74 Å². The Kier molecular flexibility index (Phi) is 5.65. The molecule has 0 N–H and O–H groups in total. The van der Waals surface area contributed by atoms with Crippen LogP contribution in [0, 0.1) is 19.8 Å². The summed E-state index contributed by atoms with van der Waals surface area (Å²) in [5.41, 5.74) is 2.20. The van der Waals surface area contributed by atoms with Crippen molar-refractivity contribution in [2.24, 2.45) is 5.92 Å². The summed E-state index contributed by atoms with van der Waals surface area (Å²) in [5, 5.41) is 0. The lowest BCUT2D eigenvalue weighted by molar-refractivity contribution is 0.253. The molecule has 0 amide bonds. The number of aromatic nitrogens is 1. The summed E-state index contributed by atoms with van der Waals surface area (Å²) in [7, 11) is -3.70. The molecule has 0 radical (unpaired) electrons. The minimum Gasteiger partial charge on any atom is -0.476 e. The minimum absolute atomic E-state index is 0.176. The van der Waals surface area contributed by atoms with Crippen molar-refractivity contribution >= 4 is 9.84 Å². The maximum Gasteiger partial charge on any atom is 0.233 e. The molecular weight excluding hydrogens is 322 g/mol. The highest BCUT2D eigenvalue weighted by Gasteiger charge is 2.28. The van der Waals surface area contributed by atoms with Gasteiger partial charge in [0.1, 0.15) is 4.90 Å². The predicted molar refractivity (Wildman–Crippen MR) is 95.3 cm³/mol. The van der Waals surface area contributed by atoms with Gasteiger partial charge in [-0.2, -0.15) is 0 Å². The summed E-state index contributed by atoms with van der Waals surface area (Å²) < 4.78 is 32.3. The van der Waals surface area contributed by atoms with Gasteiger partial charge in [0.05, 0.1) is 11.5 Å². The molecule has 2 rings (SSSR count). The van der Waals surface area contributed by atoms with Crippen molar-refractivity contribution in [2.45, 2.75) is 50.8 Å². The van der Waals surface area contributed by atoms with Gasteiger partial charge in [-0.05, 0) is 49.4 Å². The van der Waals surface area contributed by atoms with Crippen LogP contribution in [-0.2, 0) is 16.3 Å². The molecule has 0 aliphatic heterocycles. The maximum atomic E-state index is 13.3. The molecule has 4 nitrogen and oxygen atoms in total. The van der Waals surface area contributed by atoms with Gasteiger partial charge in [0, 0.05) is 5.69 Å². The van der Waals surface area contributed by atoms with Crippen molar-refractivity contribution in [3.63, 3.8) is 0 Å². The standard InChI is InChI=1S/C19H25NO3S/c1-6-16-9-7-8-10-17(16)24(21,22)18-14(4)11-15(5)20-19(18)23-12-13(2)3/h7-11,13H,6,12H2,1-5H3. The third kappa shape index (κ3) is 3.78. The van der Waals surface area contributed by atoms with Crippen LogP contribution in [0.25, 0.3) is 0 Å². The Hall–Kier alpha value is -1.88. The number of hydrogen-bond donors (Lipinski definition) is 0. The quantitative estimate of drug-likeness (QED) is 0.788. The van der Waals surface area contributed by atoms with Gasteiger partial charge in [-0.3, -0.25) is 0 Å². The number of sulfone groups is 1. The average molecular weight is 347 g/mol. The molecule has 0 atom stereocenters. The average Bonchev–Trinajstić information content (AvgIpc) is 2.51. The van der Waals surface area contributed by atoms with Crippen molar-refractivity contribution in [2.75, 3.05) is 6.61 Å². The van der Waals surface area contributed by atoms with E-state index in [2.05, 4.69) is 4.98 Å². The Morgan fingerprint density at radius 2 is 1.83 bits per heavy atom. The molecule has 1 aromatic heterocycles. The van der Waals surface area contributed by atoms with Crippen LogP contribution in [0.3, 0.4) is 0 Å². The van der Waals surface area contributed by atoms with Crippen molar-refractivity contribution in [3.8, 4) is 5.88 Å². The first kappa shape index (κ1) is 18.5. The van der Waals surface area contributed by atoms with Crippen LogP contribution >= 0.6 is 0 Å². The van der Waals surface area contributed by atoms with E-state index in [1.54, 1.807) is 25.1 Å². The highest BCUT2D eigenvalue weighted by molar-refractivity contribution is 7.91. The molecule has 1 heterocycles. The van der Waals surface area contributed by atoms with Gasteiger partial charge in [0.2, 0.25) is 15.7 Å². The van der Waals surface area contributed by atoms with E-state index in [1.807, 2.05) is 39.8 Å². The molecule has 0 unspecified atom stereocenters. The lowest BCUT2D eigenvalue weighted by Gasteiger charge is -2.17. The number of rotatable bonds is 6. The zero-order chi connectivity index (χ0) is 17.9. The first-order valence-corrected chi connectivity index (χ1v) is 9.69. The summed E-state index contributed by atoms with van der Waals surface area (Å²) >= 11 is 0. The fourth-order valence-electron chi connectivity index (χ4n) is 2.63. The van der Waals surface area contributed by atoms with Crippen LogP contribution in [0.15, 0.2) is 40.1 Å². The number of benzene rings is 1. The molecule has 0 saturated heterocycles. The van der Waals surface area contributed by atoms with E-state index in [-0.39, 0.29) is 16.7 Å². The lowest BCUT2D eigenvalue weighted by Crippen LogP contribution is -2.14. The number of nitrogens with zero attached hydrogens (tertiary/aromatic N) is 1. The normalized spacial score (nSPS) is 11.8. The molecule has 0 aliphatic carbocycles. The molecule has 2 aromatic rings. The summed E-state index contributed by atoms with van der Waals surface area (Å²) in [6.45, 7) is 10.0. The van der Waals surface area contributed by atoms with Crippen LogP contribution in [-0.4, -0.2) is 20.0 Å². The zero-order valence-electron chi connectivity index (χ0n) is 15.0. The van der Waals surface area contributed by atoms with Crippen molar-refractivity contribution in [1.82, 2.24) is 4.98 Å². The van der Waals surface area contributed by atoms with Crippen molar-refractivity contribution in [1.29, 1.82) is 0 Å². The molecule has 0 bridgehead atoms. The van der Waals surface area contributed by atoms with Crippen LogP contribution in [0.1, 0.15) is 37.6 Å². The summed E-state index contributed by atoms with van der Waals surface area (Å²) in [6.07, 6.45) is 0.649. The zero-order valence-corrected chi connectivity index (χ0v) is 15.8. The Balaban J connectivity index is 2.65. The van der Waals surface area contributed by atoms with Crippen LogP contribution in [0.2, 0.25) is 0 Å². The Morgan fingerprint density at radius 3 is 2.46 bits per heavy atom. The smallest absolute Gasteiger partial charge is 0.233 e. The molecular formula is C19H25NO3S. The fraction of sp³-hybridized carbons (Fsp3) is 0.421. The fourth-order valence-corrected chi connectivity index (χ4v) is 4.48. The van der Waals surface area contributed by atoms with E-state index in [0.29, 0.717) is 23.5 Å². The third-order valence-electron chi connectivity index (χ3n) is 3.72. The lowest BCUT2D eigenvalue weighted by atomic mass is 10.2. The van der Waals surface area contributed by atoms with Gasteiger partial charge < -0.3 is 4.74 Å². The van der Waals surface area contributed by atoms with Gasteiger partial charge in [0.25, 0.3) is 0 Å². The first-order chi connectivity index (χ1) is 11.3. The number of hydrogen-bond acceptors (Lipinski definition) is 4.